The molecular weight excluding hydrogens is 484 g/mol. The minimum atomic E-state index is -0.940. The summed E-state index contributed by atoms with van der Waals surface area (Å²) in [7, 11) is 0. The van der Waals surface area contributed by atoms with E-state index in [1.54, 1.807) is 24.3 Å². The first-order valence-corrected chi connectivity index (χ1v) is 13.6. The molecule has 0 saturated heterocycles. The fourth-order valence-corrected chi connectivity index (χ4v) is 4.81. The van der Waals surface area contributed by atoms with E-state index >= 15 is 0 Å². The van der Waals surface area contributed by atoms with Gasteiger partial charge in [0.1, 0.15) is 11.8 Å². The molecule has 0 heterocycles. The fraction of sp³-hybridized carbons (Fsp3) is 0.265. The molecule has 0 amide bonds. The Morgan fingerprint density at radius 3 is 1.38 bits per heavy atom. The predicted octanol–water partition coefficient (Wildman–Crippen LogP) is 6.32. The molecule has 4 aromatic carbocycles. The third-order valence-corrected chi connectivity index (χ3v) is 7.03. The van der Waals surface area contributed by atoms with Crippen LogP contribution < -0.4 is 5.32 Å². The summed E-state index contributed by atoms with van der Waals surface area (Å²) in [6, 6.07) is 35.6. The Bertz CT molecular complexity index is 1140. The van der Waals surface area contributed by atoms with Crippen LogP contribution >= 0.6 is 0 Å². The van der Waals surface area contributed by atoms with Gasteiger partial charge in [-0.15, -0.1) is 0 Å². The summed E-state index contributed by atoms with van der Waals surface area (Å²) in [5.41, 5.74) is 2.81. The quantitative estimate of drug-likeness (QED) is 0.200. The van der Waals surface area contributed by atoms with Crippen LogP contribution in [0.15, 0.2) is 115 Å². The molecule has 0 aliphatic rings. The highest BCUT2D eigenvalue weighted by atomic mass is 16.4. The van der Waals surface area contributed by atoms with Gasteiger partial charge in [-0.3, -0.25) is 10.1 Å². The number of nitrogens with zero attached hydrogens (tertiary/aromatic N) is 1. The van der Waals surface area contributed by atoms with Gasteiger partial charge in [-0.2, -0.15) is 0 Å². The number of phenolic OH excluding ortho intramolecular Hbond substituents is 1. The molecular formula is C34H40N2O3. The van der Waals surface area contributed by atoms with Crippen molar-refractivity contribution in [2.24, 2.45) is 0 Å². The number of carbonyl (C=O) groups is 1. The van der Waals surface area contributed by atoms with Crippen molar-refractivity contribution in [3.05, 3.63) is 138 Å². The molecule has 0 spiro atoms. The van der Waals surface area contributed by atoms with Gasteiger partial charge in [0.2, 0.25) is 0 Å². The van der Waals surface area contributed by atoms with Crippen LogP contribution in [0.3, 0.4) is 0 Å². The maximum Gasteiger partial charge on any atom is 0.321 e. The van der Waals surface area contributed by atoms with E-state index in [0.29, 0.717) is 0 Å². The molecule has 3 N–H and O–H groups in total. The number of benzene rings is 4. The first-order valence-electron chi connectivity index (χ1n) is 13.6. The second kappa shape index (κ2) is 14.9. The van der Waals surface area contributed by atoms with Crippen LogP contribution in [0.25, 0.3) is 0 Å². The molecule has 0 aliphatic carbocycles. The predicted molar refractivity (Wildman–Crippen MR) is 159 cm³/mol. The van der Waals surface area contributed by atoms with E-state index in [2.05, 4.69) is 31.0 Å². The van der Waals surface area contributed by atoms with Crippen LogP contribution in [0.4, 0.5) is 0 Å². The lowest BCUT2D eigenvalue weighted by Crippen LogP contribution is -2.53. The molecule has 5 nitrogen and oxygen atoms in total. The van der Waals surface area contributed by atoms with Gasteiger partial charge in [0, 0.05) is 0 Å². The van der Waals surface area contributed by atoms with Gasteiger partial charge < -0.3 is 15.1 Å². The van der Waals surface area contributed by atoms with Crippen LogP contribution in [-0.4, -0.2) is 46.8 Å². The van der Waals surface area contributed by atoms with Gasteiger partial charge >= 0.3 is 5.97 Å². The van der Waals surface area contributed by atoms with Crippen molar-refractivity contribution in [1.29, 1.82) is 0 Å². The van der Waals surface area contributed by atoms with Gasteiger partial charge in [-0.25, -0.2) is 0 Å². The summed E-state index contributed by atoms with van der Waals surface area (Å²) in [6.45, 7) is 10.1. The smallest absolute Gasteiger partial charge is 0.321 e. The summed E-state index contributed by atoms with van der Waals surface area (Å²) < 4.78 is 0. The maximum absolute atomic E-state index is 12.4. The third kappa shape index (κ3) is 7.79. The van der Waals surface area contributed by atoms with Gasteiger partial charge in [0.05, 0.1) is 5.54 Å². The Hall–Kier alpha value is -3.93. The summed E-state index contributed by atoms with van der Waals surface area (Å²) in [5.74, 6) is -0.786. The van der Waals surface area contributed by atoms with Crippen LogP contribution in [0.5, 0.6) is 5.75 Å². The Balaban J connectivity index is 0.000000532. The molecule has 0 aromatic heterocycles. The Morgan fingerprint density at radius 2 is 1.08 bits per heavy atom. The largest absolute Gasteiger partial charge is 0.508 e. The summed E-state index contributed by atoms with van der Waals surface area (Å²) in [4.78, 5) is 14.8. The topological polar surface area (TPSA) is 72.8 Å². The van der Waals surface area contributed by atoms with Gasteiger partial charge in [0.15, 0.2) is 0 Å². The number of carboxylic acids is 1. The van der Waals surface area contributed by atoms with Gasteiger partial charge in [-0.1, -0.05) is 124 Å². The highest BCUT2D eigenvalue weighted by molar-refractivity contribution is 5.74. The fourth-order valence-electron chi connectivity index (χ4n) is 4.81. The van der Waals surface area contributed by atoms with Crippen LogP contribution in [0, 0.1) is 0 Å². The normalized spacial score (nSPS) is 11.9. The molecule has 0 fully saturated rings. The number of nitrogens with one attached hydrogen (secondary N) is 1. The lowest BCUT2D eigenvalue weighted by molar-refractivity contribution is -0.139. The zero-order chi connectivity index (χ0) is 28.1. The first kappa shape index (κ1) is 29.6. The zero-order valence-electron chi connectivity index (χ0n) is 23.1. The molecule has 0 aliphatic heterocycles. The minimum Gasteiger partial charge on any atom is -0.508 e. The van der Waals surface area contributed by atoms with Crippen molar-refractivity contribution in [3.63, 3.8) is 0 Å². The Morgan fingerprint density at radius 1 is 0.692 bits per heavy atom. The second-order valence-corrected chi connectivity index (χ2v) is 9.37. The van der Waals surface area contributed by atoms with Crippen molar-refractivity contribution in [2.75, 3.05) is 19.6 Å². The minimum absolute atomic E-state index is 0.154. The lowest BCUT2D eigenvalue weighted by Gasteiger charge is -2.39. The number of hydrogen-bond donors (Lipinski definition) is 3. The van der Waals surface area contributed by atoms with Crippen LogP contribution in [-0.2, 0) is 16.8 Å². The molecule has 1 unspecified atom stereocenters. The number of hydrogen-bond acceptors (Lipinski definition) is 4. The summed E-state index contributed by atoms with van der Waals surface area (Å²) in [6.07, 6.45) is 0.268. The lowest BCUT2D eigenvalue weighted by atomic mass is 9.76. The second-order valence-electron chi connectivity index (χ2n) is 9.37. The molecule has 1 atom stereocenters. The van der Waals surface area contributed by atoms with Crippen LogP contribution in [0.2, 0.25) is 0 Å². The first-order chi connectivity index (χ1) is 18.9. The SMILES string of the molecule is CCN(CC)CC.O=C(O)C(Cc1ccc(O)cc1)NC(c1ccccc1)(c1ccccc1)c1ccccc1. The summed E-state index contributed by atoms with van der Waals surface area (Å²) in [5, 5.41) is 23.3. The van der Waals surface area contributed by atoms with Gasteiger partial charge in [0.25, 0.3) is 0 Å². The number of phenols is 1. The van der Waals surface area contributed by atoms with E-state index in [0.717, 1.165) is 22.3 Å². The van der Waals surface area contributed by atoms with E-state index < -0.39 is 17.6 Å². The van der Waals surface area contributed by atoms with Crippen molar-refractivity contribution < 1.29 is 15.0 Å². The highest BCUT2D eigenvalue weighted by Gasteiger charge is 2.39. The standard InChI is InChI=1S/C28H25NO3.C6H15N/c30-25-18-16-21(17-19-25)20-26(27(31)32)29-28(22-10-4-1-5-11-22,23-12-6-2-7-13-23)24-14-8-3-9-15-24;1-4-7(5-2)6-3/h1-19,26,29-30H,20H2,(H,31,32);4-6H2,1-3H3. The number of aromatic hydroxyl groups is 1. The number of carboxylic acid groups (broad SMARTS) is 1. The van der Waals surface area contributed by atoms with E-state index in [1.807, 2.05) is 91.0 Å². The Kier molecular flexibility index (Phi) is 11.3. The van der Waals surface area contributed by atoms with Crippen LogP contribution in [0.1, 0.15) is 43.0 Å². The monoisotopic (exact) mass is 524 g/mol. The molecule has 0 bridgehead atoms. The Labute approximate surface area is 232 Å². The number of aliphatic carboxylic acids is 1. The van der Waals surface area contributed by atoms with E-state index in [4.69, 9.17) is 0 Å². The molecule has 39 heavy (non-hydrogen) atoms. The average Bonchev–Trinajstić information content (AvgIpc) is 2.99. The highest BCUT2D eigenvalue weighted by Crippen LogP contribution is 2.37. The zero-order valence-corrected chi connectivity index (χ0v) is 23.1. The molecule has 4 rings (SSSR count). The third-order valence-electron chi connectivity index (χ3n) is 7.03. The van der Waals surface area contributed by atoms with E-state index in [1.165, 1.54) is 19.6 Å². The molecule has 0 radical (unpaired) electrons. The van der Waals surface area contributed by atoms with Crippen molar-refractivity contribution in [2.45, 2.75) is 38.8 Å². The molecule has 5 heteroatoms. The molecule has 4 aromatic rings. The van der Waals surface area contributed by atoms with Crippen molar-refractivity contribution >= 4 is 5.97 Å². The summed E-state index contributed by atoms with van der Waals surface area (Å²) >= 11 is 0. The average molecular weight is 525 g/mol. The van der Waals surface area contributed by atoms with Gasteiger partial charge in [-0.05, 0) is 60.4 Å². The molecule has 0 saturated carbocycles. The maximum atomic E-state index is 12.4. The molecule has 204 valence electrons. The number of rotatable bonds is 11. The van der Waals surface area contributed by atoms with Crippen molar-refractivity contribution in [1.82, 2.24) is 10.2 Å². The van der Waals surface area contributed by atoms with E-state index in [9.17, 15) is 15.0 Å². The van der Waals surface area contributed by atoms with E-state index in [-0.39, 0.29) is 12.2 Å². The van der Waals surface area contributed by atoms with Crippen molar-refractivity contribution in [3.8, 4) is 5.75 Å².